The van der Waals surface area contributed by atoms with Gasteiger partial charge in [0, 0.05) is 17.4 Å². The lowest BCUT2D eigenvalue weighted by Crippen LogP contribution is -2.71. The molecule has 0 spiro atoms. The first-order valence-corrected chi connectivity index (χ1v) is 11.2. The highest BCUT2D eigenvalue weighted by Crippen LogP contribution is 2.40. The molecule has 35 heavy (non-hydrogen) atoms. The molecule has 3 N–H and O–H groups in total. The Balaban J connectivity index is 1.38. The third-order valence-corrected chi connectivity index (χ3v) is 6.76. The van der Waals surface area contributed by atoms with E-state index in [9.17, 15) is 19.5 Å². The summed E-state index contributed by atoms with van der Waals surface area (Å²) < 4.78 is 11.9. The van der Waals surface area contributed by atoms with Crippen LogP contribution in [-0.2, 0) is 25.8 Å². The number of nitrogens with two attached hydrogens (primary N) is 1. The first-order valence-electron chi connectivity index (χ1n) is 10.1. The number of aromatic nitrogens is 3. The van der Waals surface area contributed by atoms with Gasteiger partial charge in [0.05, 0.1) is 23.3 Å². The number of β-lactam (4-membered cyclic amide) rings is 1. The fraction of sp³-hybridized carbons (Fsp3) is 0.250. The van der Waals surface area contributed by atoms with Crippen LogP contribution >= 0.6 is 11.8 Å². The topological polar surface area (TPSA) is 193 Å². The third-order valence-electron chi connectivity index (χ3n) is 5.42. The van der Waals surface area contributed by atoms with Gasteiger partial charge < -0.3 is 34.7 Å². The van der Waals surface area contributed by atoms with E-state index in [0.29, 0.717) is 11.3 Å². The number of oxime groups is 1. The van der Waals surface area contributed by atoms with Crippen molar-refractivity contribution in [1.82, 2.24) is 20.4 Å². The average Bonchev–Trinajstić information content (AvgIpc) is 3.49. The van der Waals surface area contributed by atoms with E-state index < -0.39 is 29.2 Å². The number of nitrogen functional groups attached to an aromatic ring is 1. The Labute approximate surface area is 200 Å². The molecule has 5 heterocycles. The summed E-state index contributed by atoms with van der Waals surface area (Å²) in [6, 6.07) is 4.17. The lowest BCUT2D eigenvalue weighted by molar-refractivity contribution is -0.669. The molecular formula is C20H17N7O7S. The molecule has 0 aliphatic carbocycles. The van der Waals surface area contributed by atoms with Gasteiger partial charge in [0.25, 0.3) is 11.8 Å². The number of carbonyl (C=O) groups excluding carboxylic acids is 3. The second kappa shape index (κ2) is 8.75. The van der Waals surface area contributed by atoms with Crippen LogP contribution in [0.3, 0.4) is 0 Å². The molecule has 2 atom stereocenters. The van der Waals surface area contributed by atoms with Crippen molar-refractivity contribution in [3.8, 4) is 0 Å². The summed E-state index contributed by atoms with van der Waals surface area (Å²) in [4.78, 5) is 47.3. The lowest BCUT2D eigenvalue weighted by Gasteiger charge is -2.50. The van der Waals surface area contributed by atoms with Crippen molar-refractivity contribution in [2.75, 3.05) is 18.6 Å². The van der Waals surface area contributed by atoms with Gasteiger partial charge in [0.15, 0.2) is 12.7 Å². The number of carboxylic acids is 1. The highest BCUT2D eigenvalue weighted by molar-refractivity contribution is 8.00. The van der Waals surface area contributed by atoms with Crippen LogP contribution in [0.1, 0.15) is 5.82 Å². The molecule has 2 amide bonds. The van der Waals surface area contributed by atoms with Crippen LogP contribution in [0, 0.1) is 0 Å². The van der Waals surface area contributed by atoms with E-state index in [2.05, 4.69) is 30.0 Å². The van der Waals surface area contributed by atoms with E-state index in [1.54, 1.807) is 16.8 Å². The number of carboxylic acid groups (broad SMARTS) is 1. The normalized spacial score (nSPS) is 20.0. The summed E-state index contributed by atoms with van der Waals surface area (Å²) in [7, 11) is 1.21. The predicted octanol–water partition coefficient (Wildman–Crippen LogP) is -1.86. The number of hydrogen-bond acceptors (Lipinski definition) is 12. The number of nitrogens with one attached hydrogen (secondary N) is 1. The number of hydrogen-bond donors (Lipinski definition) is 2. The van der Waals surface area contributed by atoms with Crippen molar-refractivity contribution >= 4 is 52.4 Å². The monoisotopic (exact) mass is 499 g/mol. The van der Waals surface area contributed by atoms with Gasteiger partial charge >= 0.3 is 11.7 Å². The maximum Gasteiger partial charge on any atom is 0.380 e. The minimum Gasteiger partial charge on any atom is -0.543 e. The van der Waals surface area contributed by atoms with Crippen molar-refractivity contribution in [2.24, 2.45) is 5.16 Å². The van der Waals surface area contributed by atoms with Crippen molar-refractivity contribution in [3.63, 3.8) is 0 Å². The summed E-state index contributed by atoms with van der Waals surface area (Å²) >= 11 is 1.30. The molecule has 2 aliphatic heterocycles. The number of aliphatic carboxylic acids is 1. The first-order chi connectivity index (χ1) is 16.9. The van der Waals surface area contributed by atoms with Gasteiger partial charge in [-0.25, -0.2) is 0 Å². The number of thioether (sulfide) groups is 1. The summed E-state index contributed by atoms with van der Waals surface area (Å²) in [5.41, 5.74) is 5.85. The number of amides is 2. The standard InChI is InChI=1S/C20H17N7O7S/c1-32-24-11(14-23-20(21)34-25-14)15(28)22-12-16(29)27-13(19(30)31)10(8-35-18(12)27)7-26-5-2-3-9-4-6-33-17(9)26/h2-6,12,18H,7-8H2,1H3,(H3-,21,22,23,25,28,30,31)/t12?,18-/m1/s1. The number of rotatable bonds is 7. The molecule has 2 aliphatic rings. The molecule has 0 saturated carbocycles. The van der Waals surface area contributed by atoms with Crippen molar-refractivity contribution in [1.29, 1.82) is 0 Å². The summed E-state index contributed by atoms with van der Waals surface area (Å²) in [6.07, 6.45) is 3.29. The van der Waals surface area contributed by atoms with Gasteiger partial charge in [-0.3, -0.25) is 14.5 Å². The molecule has 1 fully saturated rings. The fourth-order valence-corrected chi connectivity index (χ4v) is 5.26. The number of carbonyl (C=O) groups is 3. The quantitative estimate of drug-likeness (QED) is 0.160. The molecule has 0 bridgehead atoms. The van der Waals surface area contributed by atoms with E-state index >= 15 is 0 Å². The van der Waals surface area contributed by atoms with Gasteiger partial charge in [0.1, 0.15) is 18.5 Å². The van der Waals surface area contributed by atoms with Crippen LogP contribution in [0.5, 0.6) is 0 Å². The Morgan fingerprint density at radius 3 is 3.00 bits per heavy atom. The molecule has 3 aromatic heterocycles. The Kier molecular flexibility index (Phi) is 5.60. The maximum atomic E-state index is 12.9. The van der Waals surface area contributed by atoms with E-state index in [1.807, 2.05) is 12.1 Å². The number of fused-ring (bicyclic) bond motifs is 2. The molecular weight excluding hydrogens is 482 g/mol. The van der Waals surface area contributed by atoms with Crippen LogP contribution in [-0.4, -0.2) is 62.8 Å². The summed E-state index contributed by atoms with van der Waals surface area (Å²) in [5, 5.41) is 21.9. The maximum absolute atomic E-state index is 12.9. The van der Waals surface area contributed by atoms with Gasteiger partial charge in [-0.1, -0.05) is 10.3 Å². The molecule has 15 heteroatoms. The van der Waals surface area contributed by atoms with Crippen LogP contribution < -0.4 is 20.7 Å². The molecule has 5 rings (SSSR count). The highest BCUT2D eigenvalue weighted by atomic mass is 32.2. The van der Waals surface area contributed by atoms with Crippen molar-refractivity contribution < 1.29 is 37.8 Å². The lowest BCUT2D eigenvalue weighted by atomic mass is 10.0. The Bertz CT molecular complexity index is 1410. The zero-order valence-corrected chi connectivity index (χ0v) is 18.9. The number of nitrogens with zero attached hydrogens (tertiary/aromatic N) is 5. The largest absolute Gasteiger partial charge is 0.543 e. The summed E-state index contributed by atoms with van der Waals surface area (Å²) in [5.74, 6) is -2.87. The number of anilines is 1. The number of pyridine rings is 1. The SMILES string of the molecule is CON=C(C(=O)NC1C(=O)N2C(C(=O)[O-])=C(C[n+]3cccc4ccoc43)CS[C@H]12)c1noc(N)n1. The van der Waals surface area contributed by atoms with E-state index in [4.69, 9.17) is 10.2 Å². The van der Waals surface area contributed by atoms with Crippen molar-refractivity contribution in [3.05, 3.63) is 47.8 Å². The summed E-state index contributed by atoms with van der Waals surface area (Å²) in [6.45, 7) is 0.179. The molecule has 1 saturated heterocycles. The zero-order chi connectivity index (χ0) is 24.7. The average molecular weight is 499 g/mol. The van der Waals surface area contributed by atoms with Crippen LogP contribution in [0.15, 0.2) is 56.0 Å². The first kappa shape index (κ1) is 22.4. The van der Waals surface area contributed by atoms with Gasteiger partial charge in [-0.05, 0) is 12.1 Å². The predicted molar refractivity (Wildman–Crippen MR) is 116 cm³/mol. The molecule has 0 aromatic carbocycles. The minimum absolute atomic E-state index is 0.179. The molecule has 1 unspecified atom stereocenters. The van der Waals surface area contributed by atoms with Gasteiger partial charge in [-0.2, -0.15) is 9.55 Å². The second-order valence-corrected chi connectivity index (χ2v) is 8.60. The van der Waals surface area contributed by atoms with Crippen molar-refractivity contribution in [2.45, 2.75) is 18.0 Å². The molecule has 180 valence electrons. The molecule has 14 nitrogen and oxygen atoms in total. The second-order valence-electron chi connectivity index (χ2n) is 7.50. The van der Waals surface area contributed by atoms with Crippen LogP contribution in [0.4, 0.5) is 6.01 Å². The molecule has 3 aromatic rings. The molecule has 0 radical (unpaired) electrons. The van der Waals surface area contributed by atoms with Crippen LogP contribution in [0.25, 0.3) is 11.1 Å². The fourth-order valence-electron chi connectivity index (χ4n) is 3.93. The van der Waals surface area contributed by atoms with Gasteiger partial charge in [-0.15, -0.1) is 11.8 Å². The van der Waals surface area contributed by atoms with E-state index in [1.165, 1.54) is 25.1 Å². The van der Waals surface area contributed by atoms with E-state index in [0.717, 1.165) is 10.3 Å². The smallest absolute Gasteiger partial charge is 0.380 e. The minimum atomic E-state index is -1.49. The third kappa shape index (κ3) is 3.84. The Morgan fingerprint density at radius 1 is 1.46 bits per heavy atom. The van der Waals surface area contributed by atoms with Gasteiger partial charge in [0.2, 0.25) is 11.5 Å². The van der Waals surface area contributed by atoms with Crippen LogP contribution in [0.2, 0.25) is 0 Å². The van der Waals surface area contributed by atoms with E-state index in [-0.39, 0.29) is 35.5 Å². The Morgan fingerprint density at radius 2 is 2.29 bits per heavy atom. The highest BCUT2D eigenvalue weighted by Gasteiger charge is 2.53. The zero-order valence-electron chi connectivity index (χ0n) is 18.0. The number of furan rings is 1. The Hall–Kier alpha value is -4.40.